The van der Waals surface area contributed by atoms with Crippen LogP contribution in [0.15, 0.2) is 24.3 Å². The number of amides is 1. The number of methoxy groups -OCH3 is 1. The minimum absolute atomic E-state index is 0.00732. The van der Waals surface area contributed by atoms with Gasteiger partial charge >= 0.3 is 0 Å². The van der Waals surface area contributed by atoms with Gasteiger partial charge in [0.05, 0.1) is 13.2 Å². The van der Waals surface area contributed by atoms with Gasteiger partial charge in [0.25, 0.3) is 0 Å². The molecule has 0 fully saturated rings. The molecule has 106 valence electrons. The van der Waals surface area contributed by atoms with Crippen LogP contribution in [0.4, 0.5) is 0 Å². The van der Waals surface area contributed by atoms with Crippen molar-refractivity contribution in [3.05, 3.63) is 29.8 Å². The molecular formula is C16H25NO2. The first-order valence-corrected chi connectivity index (χ1v) is 6.88. The summed E-state index contributed by atoms with van der Waals surface area (Å²) in [7, 11) is 1.65. The van der Waals surface area contributed by atoms with E-state index in [4.69, 9.17) is 4.74 Å². The van der Waals surface area contributed by atoms with Crippen LogP contribution in [0.25, 0.3) is 0 Å². The maximum absolute atomic E-state index is 11.9. The van der Waals surface area contributed by atoms with Crippen molar-refractivity contribution in [3.63, 3.8) is 0 Å². The maximum atomic E-state index is 11.9. The Labute approximate surface area is 116 Å². The van der Waals surface area contributed by atoms with Gasteiger partial charge in [-0.05, 0) is 30.0 Å². The monoisotopic (exact) mass is 263 g/mol. The van der Waals surface area contributed by atoms with E-state index < -0.39 is 0 Å². The van der Waals surface area contributed by atoms with E-state index >= 15 is 0 Å². The normalized spacial score (nSPS) is 12.6. The van der Waals surface area contributed by atoms with Gasteiger partial charge in [0.15, 0.2) is 0 Å². The molecule has 19 heavy (non-hydrogen) atoms. The fourth-order valence-corrected chi connectivity index (χ4v) is 1.92. The van der Waals surface area contributed by atoms with Crippen molar-refractivity contribution in [2.75, 3.05) is 7.11 Å². The zero-order valence-electron chi connectivity index (χ0n) is 12.6. The summed E-state index contributed by atoms with van der Waals surface area (Å²) < 4.78 is 5.16. The number of carbonyl (C=O) groups is 1. The highest BCUT2D eigenvalue weighted by Crippen LogP contribution is 2.23. The Morgan fingerprint density at radius 3 is 2.16 bits per heavy atom. The smallest absolute Gasteiger partial charge is 0.223 e. The fourth-order valence-electron chi connectivity index (χ4n) is 1.92. The average Bonchev–Trinajstić information content (AvgIpc) is 2.37. The van der Waals surface area contributed by atoms with Crippen LogP contribution in [0.1, 0.15) is 45.7 Å². The molecule has 0 aliphatic heterocycles. The zero-order chi connectivity index (χ0) is 14.4. The van der Waals surface area contributed by atoms with Gasteiger partial charge in [-0.2, -0.15) is 0 Å². The first kappa shape index (κ1) is 15.5. The molecule has 0 radical (unpaired) electrons. The Hall–Kier alpha value is -1.51. The van der Waals surface area contributed by atoms with Crippen LogP contribution in [-0.4, -0.2) is 13.0 Å². The van der Waals surface area contributed by atoms with Crippen molar-refractivity contribution in [2.24, 2.45) is 11.8 Å². The number of nitrogens with one attached hydrogen (secondary N) is 1. The highest BCUT2D eigenvalue weighted by Gasteiger charge is 2.17. The number of hydrogen-bond acceptors (Lipinski definition) is 2. The first-order chi connectivity index (χ1) is 8.93. The highest BCUT2D eigenvalue weighted by molar-refractivity contribution is 5.78. The predicted molar refractivity (Wildman–Crippen MR) is 78.2 cm³/mol. The second kappa shape index (κ2) is 7.17. The molecule has 1 atom stereocenters. The van der Waals surface area contributed by atoms with Crippen molar-refractivity contribution in [3.8, 4) is 5.75 Å². The summed E-state index contributed by atoms with van der Waals surface area (Å²) in [6, 6.07) is 7.98. The zero-order valence-corrected chi connectivity index (χ0v) is 12.6. The minimum atomic E-state index is 0.00732. The highest BCUT2D eigenvalue weighted by atomic mass is 16.5. The Kier molecular flexibility index (Phi) is 5.87. The quantitative estimate of drug-likeness (QED) is 0.852. The molecule has 3 heteroatoms. The summed E-state index contributed by atoms with van der Waals surface area (Å²) in [6.45, 7) is 8.15. The Bertz CT molecular complexity index is 396. The second-order valence-corrected chi connectivity index (χ2v) is 5.62. The lowest BCUT2D eigenvalue weighted by Gasteiger charge is -2.22. The molecule has 0 aromatic heterocycles. The molecule has 3 nitrogen and oxygen atoms in total. The van der Waals surface area contributed by atoms with Crippen LogP contribution in [0, 0.1) is 11.8 Å². The van der Waals surface area contributed by atoms with E-state index in [9.17, 15) is 4.79 Å². The lowest BCUT2D eigenvalue weighted by atomic mass is 9.96. The van der Waals surface area contributed by atoms with Gasteiger partial charge in [-0.3, -0.25) is 4.79 Å². The number of rotatable bonds is 6. The molecule has 0 unspecified atom stereocenters. The Balaban J connectivity index is 2.85. The molecule has 0 saturated heterocycles. The van der Waals surface area contributed by atoms with E-state index in [-0.39, 0.29) is 17.9 Å². The van der Waals surface area contributed by atoms with Crippen LogP contribution in [0.3, 0.4) is 0 Å². The van der Waals surface area contributed by atoms with Crippen molar-refractivity contribution in [2.45, 2.75) is 40.2 Å². The molecule has 0 bridgehead atoms. The number of benzene rings is 1. The molecule has 0 heterocycles. The average molecular weight is 263 g/mol. The summed E-state index contributed by atoms with van der Waals surface area (Å²) in [5.74, 6) is 1.47. The second-order valence-electron chi connectivity index (χ2n) is 5.62. The standard InChI is InChI=1S/C16H25NO2/c1-11(2)10-15(17-16(18)12(3)4)13-6-8-14(19-5)9-7-13/h6-9,11-12,15H,10H2,1-5H3,(H,17,18)/t15-/m0/s1. The molecule has 0 spiro atoms. The topological polar surface area (TPSA) is 38.3 Å². The van der Waals surface area contributed by atoms with E-state index in [1.807, 2.05) is 38.1 Å². The maximum Gasteiger partial charge on any atom is 0.223 e. The SMILES string of the molecule is COc1ccc([C@H](CC(C)C)NC(=O)C(C)C)cc1. The number of carbonyl (C=O) groups excluding carboxylic acids is 1. The van der Waals surface area contributed by atoms with E-state index in [1.54, 1.807) is 7.11 Å². The molecular weight excluding hydrogens is 238 g/mol. The van der Waals surface area contributed by atoms with Gasteiger partial charge in [-0.25, -0.2) is 0 Å². The third-order valence-electron chi connectivity index (χ3n) is 3.07. The van der Waals surface area contributed by atoms with Crippen LogP contribution in [-0.2, 0) is 4.79 Å². The van der Waals surface area contributed by atoms with Crippen LogP contribution in [0.2, 0.25) is 0 Å². The van der Waals surface area contributed by atoms with Gasteiger partial charge in [-0.1, -0.05) is 39.8 Å². The van der Waals surface area contributed by atoms with Gasteiger partial charge in [0.2, 0.25) is 5.91 Å². The van der Waals surface area contributed by atoms with E-state index in [0.29, 0.717) is 5.92 Å². The number of hydrogen-bond donors (Lipinski definition) is 1. The van der Waals surface area contributed by atoms with Crippen molar-refractivity contribution in [1.82, 2.24) is 5.32 Å². The van der Waals surface area contributed by atoms with Gasteiger partial charge < -0.3 is 10.1 Å². The van der Waals surface area contributed by atoms with Gasteiger partial charge in [0, 0.05) is 5.92 Å². The molecule has 1 rings (SSSR count). The Morgan fingerprint density at radius 1 is 1.16 bits per heavy atom. The third-order valence-corrected chi connectivity index (χ3v) is 3.07. The lowest BCUT2D eigenvalue weighted by molar-refractivity contribution is -0.124. The molecule has 0 saturated carbocycles. The molecule has 1 amide bonds. The largest absolute Gasteiger partial charge is 0.497 e. The summed E-state index contributed by atoms with van der Waals surface area (Å²) in [5.41, 5.74) is 1.13. The minimum Gasteiger partial charge on any atom is -0.497 e. The van der Waals surface area contributed by atoms with Crippen molar-refractivity contribution in [1.29, 1.82) is 0 Å². The lowest BCUT2D eigenvalue weighted by Crippen LogP contribution is -2.32. The van der Waals surface area contributed by atoms with Crippen molar-refractivity contribution < 1.29 is 9.53 Å². The van der Waals surface area contributed by atoms with Crippen LogP contribution >= 0.6 is 0 Å². The van der Waals surface area contributed by atoms with E-state index in [0.717, 1.165) is 17.7 Å². The molecule has 1 aromatic carbocycles. The van der Waals surface area contributed by atoms with E-state index in [2.05, 4.69) is 19.2 Å². The van der Waals surface area contributed by atoms with Gasteiger partial charge in [-0.15, -0.1) is 0 Å². The fraction of sp³-hybridized carbons (Fsp3) is 0.562. The summed E-state index contributed by atoms with van der Waals surface area (Å²) in [4.78, 5) is 11.9. The van der Waals surface area contributed by atoms with Crippen molar-refractivity contribution >= 4 is 5.91 Å². The molecule has 1 N–H and O–H groups in total. The summed E-state index contributed by atoms with van der Waals surface area (Å²) in [6.07, 6.45) is 0.935. The molecule has 0 aliphatic carbocycles. The summed E-state index contributed by atoms with van der Waals surface area (Å²) in [5, 5.41) is 3.12. The molecule has 1 aromatic rings. The van der Waals surface area contributed by atoms with Gasteiger partial charge in [0.1, 0.15) is 5.75 Å². The third kappa shape index (κ3) is 4.93. The summed E-state index contributed by atoms with van der Waals surface area (Å²) >= 11 is 0. The number of ether oxygens (including phenoxy) is 1. The molecule has 0 aliphatic rings. The first-order valence-electron chi connectivity index (χ1n) is 6.88. The van der Waals surface area contributed by atoms with Crippen LogP contribution in [0.5, 0.6) is 5.75 Å². The predicted octanol–water partition coefficient (Wildman–Crippen LogP) is 3.55. The Morgan fingerprint density at radius 2 is 1.74 bits per heavy atom. The van der Waals surface area contributed by atoms with Crippen LogP contribution < -0.4 is 10.1 Å². The van der Waals surface area contributed by atoms with E-state index in [1.165, 1.54) is 0 Å².